The second kappa shape index (κ2) is 11.6. The van der Waals surface area contributed by atoms with Crippen molar-refractivity contribution in [3.8, 4) is 11.5 Å². The quantitative estimate of drug-likeness (QED) is 0.177. The summed E-state index contributed by atoms with van der Waals surface area (Å²) in [7, 11) is 1.53. The smallest absolute Gasteiger partial charge is 0.295 e. The van der Waals surface area contributed by atoms with E-state index in [0.717, 1.165) is 5.56 Å². The lowest BCUT2D eigenvalue weighted by molar-refractivity contribution is -0.140. The van der Waals surface area contributed by atoms with E-state index in [0.29, 0.717) is 47.3 Å². The molecule has 2 aromatic heterocycles. The molecule has 9 nitrogen and oxygen atoms in total. The summed E-state index contributed by atoms with van der Waals surface area (Å²) in [4.78, 5) is 32.6. The summed E-state index contributed by atoms with van der Waals surface area (Å²) in [6.07, 6.45) is 1.76. The number of carbonyl (C=O) groups excluding carboxylic acids is 2. The number of hydrogen-bond acceptors (Lipinski definition) is 7. The monoisotopic (exact) mass is 541 g/mol. The Morgan fingerprint density at radius 3 is 2.52 bits per heavy atom. The van der Waals surface area contributed by atoms with Crippen LogP contribution < -0.4 is 9.47 Å². The molecular weight excluding hydrogens is 510 g/mol. The molecule has 0 aliphatic carbocycles. The highest BCUT2D eigenvalue weighted by Gasteiger charge is 2.46. The first-order chi connectivity index (χ1) is 19.4. The molecule has 0 bridgehead atoms. The number of aliphatic hydroxyl groups is 1. The van der Waals surface area contributed by atoms with Gasteiger partial charge in [0.05, 0.1) is 30.5 Å². The van der Waals surface area contributed by atoms with Crippen LogP contribution in [-0.4, -0.2) is 57.9 Å². The number of aliphatic hydroxyl groups excluding tert-OH is 1. The van der Waals surface area contributed by atoms with Crippen LogP contribution in [0.1, 0.15) is 35.5 Å². The van der Waals surface area contributed by atoms with Crippen molar-refractivity contribution in [2.75, 3.05) is 26.9 Å². The number of rotatable bonds is 10. The Morgan fingerprint density at radius 2 is 1.77 bits per heavy atom. The van der Waals surface area contributed by atoms with Crippen LogP contribution in [0.2, 0.25) is 0 Å². The Bertz CT molecular complexity index is 1580. The van der Waals surface area contributed by atoms with Crippen LogP contribution in [0.15, 0.2) is 78.5 Å². The first kappa shape index (κ1) is 27.0. The van der Waals surface area contributed by atoms with Crippen LogP contribution in [0.4, 0.5) is 0 Å². The minimum Gasteiger partial charge on any atom is -0.505 e. The number of benzene rings is 2. The Morgan fingerprint density at radius 1 is 1.00 bits per heavy atom. The number of pyridine rings is 1. The molecule has 9 heteroatoms. The fraction of sp³-hybridized carbons (Fsp3) is 0.258. The van der Waals surface area contributed by atoms with Gasteiger partial charge in [-0.3, -0.25) is 14.0 Å². The molecule has 1 aliphatic rings. The van der Waals surface area contributed by atoms with Crippen molar-refractivity contribution in [1.29, 1.82) is 0 Å². The van der Waals surface area contributed by atoms with E-state index < -0.39 is 17.7 Å². The van der Waals surface area contributed by atoms with Crippen molar-refractivity contribution in [3.63, 3.8) is 0 Å². The van der Waals surface area contributed by atoms with Crippen molar-refractivity contribution >= 4 is 23.1 Å². The molecule has 0 spiro atoms. The summed E-state index contributed by atoms with van der Waals surface area (Å²) >= 11 is 0. The van der Waals surface area contributed by atoms with E-state index in [1.807, 2.05) is 49.4 Å². The zero-order valence-corrected chi connectivity index (χ0v) is 22.7. The largest absolute Gasteiger partial charge is 0.505 e. The number of Topliss-reactive ketones (excluding diaryl/α,β-unsaturated/α-hetero) is 1. The molecular formula is C31H31N3O6. The molecule has 4 aromatic rings. The van der Waals surface area contributed by atoms with Gasteiger partial charge in [-0.1, -0.05) is 42.5 Å². The van der Waals surface area contributed by atoms with Crippen LogP contribution >= 0.6 is 0 Å². The van der Waals surface area contributed by atoms with Gasteiger partial charge in [-0.25, -0.2) is 4.98 Å². The molecule has 1 aliphatic heterocycles. The fourth-order valence-electron chi connectivity index (χ4n) is 4.99. The Kier molecular flexibility index (Phi) is 7.84. The van der Waals surface area contributed by atoms with E-state index in [2.05, 4.69) is 4.98 Å². The predicted octanol–water partition coefficient (Wildman–Crippen LogP) is 4.69. The van der Waals surface area contributed by atoms with Gasteiger partial charge in [0.15, 0.2) is 17.3 Å². The third-order valence-electron chi connectivity index (χ3n) is 6.83. The summed E-state index contributed by atoms with van der Waals surface area (Å²) in [5.74, 6) is -0.773. The highest BCUT2D eigenvalue weighted by Crippen LogP contribution is 2.42. The summed E-state index contributed by atoms with van der Waals surface area (Å²) in [5, 5.41) is 11.6. The van der Waals surface area contributed by atoms with Crippen molar-refractivity contribution in [2.24, 2.45) is 0 Å². The summed E-state index contributed by atoms with van der Waals surface area (Å²) in [5.41, 5.74) is 3.09. The SMILES string of the molecule is CCOc1cc(C2/C(=C(\O)c3c(C)nc4ccccn34)C(=O)C(=O)N2CCOC)ccc1OCc1ccccc1. The van der Waals surface area contributed by atoms with E-state index >= 15 is 0 Å². The molecule has 1 saturated heterocycles. The van der Waals surface area contributed by atoms with Crippen molar-refractivity contribution in [1.82, 2.24) is 14.3 Å². The molecule has 206 valence electrons. The van der Waals surface area contributed by atoms with Crippen molar-refractivity contribution < 1.29 is 28.9 Å². The van der Waals surface area contributed by atoms with Crippen LogP contribution in [0.3, 0.4) is 0 Å². The summed E-state index contributed by atoms with van der Waals surface area (Å²) in [6, 6.07) is 19.7. The minimum absolute atomic E-state index is 0.0183. The van der Waals surface area contributed by atoms with Gasteiger partial charge in [0.25, 0.3) is 11.7 Å². The third kappa shape index (κ3) is 5.03. The lowest BCUT2D eigenvalue weighted by atomic mass is 9.96. The van der Waals surface area contributed by atoms with Crippen LogP contribution in [0.25, 0.3) is 11.4 Å². The van der Waals surface area contributed by atoms with Gasteiger partial charge in [0.1, 0.15) is 17.9 Å². The van der Waals surface area contributed by atoms with Gasteiger partial charge < -0.3 is 24.2 Å². The predicted molar refractivity (Wildman–Crippen MR) is 149 cm³/mol. The van der Waals surface area contributed by atoms with E-state index in [1.54, 1.807) is 41.8 Å². The molecule has 0 radical (unpaired) electrons. The molecule has 3 heterocycles. The second-order valence-corrected chi connectivity index (χ2v) is 9.37. The zero-order valence-electron chi connectivity index (χ0n) is 22.7. The molecule has 1 unspecified atom stereocenters. The first-order valence-corrected chi connectivity index (χ1v) is 13.1. The number of fused-ring (bicyclic) bond motifs is 1. The van der Waals surface area contributed by atoms with Crippen LogP contribution in [-0.2, 0) is 20.9 Å². The number of ether oxygens (including phenoxy) is 3. The molecule has 0 saturated carbocycles. The van der Waals surface area contributed by atoms with Crippen molar-refractivity contribution in [2.45, 2.75) is 26.5 Å². The van der Waals surface area contributed by atoms with E-state index in [1.165, 1.54) is 12.0 Å². The molecule has 2 aromatic carbocycles. The van der Waals surface area contributed by atoms with E-state index in [9.17, 15) is 14.7 Å². The minimum atomic E-state index is -0.869. The average Bonchev–Trinajstić information content (AvgIpc) is 3.43. The highest BCUT2D eigenvalue weighted by molar-refractivity contribution is 6.46. The lowest BCUT2D eigenvalue weighted by Crippen LogP contribution is -2.32. The molecule has 1 fully saturated rings. The number of methoxy groups -OCH3 is 1. The first-order valence-electron chi connectivity index (χ1n) is 13.1. The number of carbonyl (C=O) groups is 2. The normalized spacial score (nSPS) is 16.6. The zero-order chi connectivity index (χ0) is 28.2. The Balaban J connectivity index is 1.61. The number of ketones is 1. The number of likely N-dealkylation sites (tertiary alicyclic amines) is 1. The molecule has 1 amide bonds. The maximum absolute atomic E-state index is 13.4. The third-order valence-corrected chi connectivity index (χ3v) is 6.83. The van der Waals surface area contributed by atoms with E-state index in [-0.39, 0.29) is 24.5 Å². The fourth-order valence-corrected chi connectivity index (χ4v) is 4.99. The number of hydrogen-bond donors (Lipinski definition) is 1. The number of nitrogens with zero attached hydrogens (tertiary/aromatic N) is 3. The summed E-state index contributed by atoms with van der Waals surface area (Å²) < 4.78 is 18.9. The van der Waals surface area contributed by atoms with Gasteiger partial charge in [0.2, 0.25) is 0 Å². The van der Waals surface area contributed by atoms with Gasteiger partial charge >= 0.3 is 0 Å². The average molecular weight is 542 g/mol. The van der Waals surface area contributed by atoms with Gasteiger partial charge in [-0.2, -0.15) is 0 Å². The maximum atomic E-state index is 13.4. The van der Waals surface area contributed by atoms with Crippen LogP contribution in [0, 0.1) is 6.92 Å². The van der Waals surface area contributed by atoms with Gasteiger partial charge in [-0.05, 0) is 49.2 Å². The Labute approximate surface area is 232 Å². The molecule has 1 atom stereocenters. The standard InChI is InChI=1S/C31H31N3O6/c1-4-39-24-18-22(13-14-23(24)40-19-21-10-6-5-7-11-21)28-26(30(36)31(37)34(28)16-17-38-3)29(35)27-20(2)32-25-12-8-9-15-33(25)27/h5-15,18,28,35H,4,16-17,19H2,1-3H3/b29-26+. The van der Waals surface area contributed by atoms with Gasteiger partial charge in [-0.15, -0.1) is 0 Å². The number of imidazole rings is 1. The molecule has 40 heavy (non-hydrogen) atoms. The molecule has 5 rings (SSSR count). The van der Waals surface area contributed by atoms with Crippen molar-refractivity contribution in [3.05, 3.63) is 101 Å². The number of aryl methyl sites for hydroxylation is 1. The highest BCUT2D eigenvalue weighted by atomic mass is 16.5. The van der Waals surface area contributed by atoms with E-state index in [4.69, 9.17) is 14.2 Å². The second-order valence-electron chi connectivity index (χ2n) is 9.37. The topological polar surface area (TPSA) is 103 Å². The summed E-state index contributed by atoms with van der Waals surface area (Å²) in [6.45, 7) is 4.73. The molecule has 1 N–H and O–H groups in total. The maximum Gasteiger partial charge on any atom is 0.295 e. The Hall–Kier alpha value is -4.63. The van der Waals surface area contributed by atoms with Crippen LogP contribution in [0.5, 0.6) is 11.5 Å². The number of amides is 1. The number of aromatic nitrogens is 2. The lowest BCUT2D eigenvalue weighted by Gasteiger charge is -2.26. The van der Waals surface area contributed by atoms with Gasteiger partial charge in [0, 0.05) is 19.9 Å².